The highest BCUT2D eigenvalue weighted by atomic mass is 16.5. The SMILES string of the molecule is COC(=O)/C=C/C(=O)N(O)CCCCCCCCNCc1ccc(COC(=O)Nc2cccc3ccccc23)cc1. The molecule has 0 atom stereocenters. The van der Waals surface area contributed by atoms with Gasteiger partial charge in [0.15, 0.2) is 0 Å². The van der Waals surface area contributed by atoms with E-state index in [0.717, 1.165) is 79.4 Å². The summed E-state index contributed by atoms with van der Waals surface area (Å²) >= 11 is 0. The number of fused-ring (bicyclic) bond motifs is 1. The van der Waals surface area contributed by atoms with Crippen LogP contribution in [0.15, 0.2) is 78.9 Å². The number of hydrogen-bond donors (Lipinski definition) is 3. The fourth-order valence-corrected chi connectivity index (χ4v) is 4.24. The van der Waals surface area contributed by atoms with Crippen LogP contribution in [-0.4, -0.2) is 48.4 Å². The molecule has 0 aliphatic heterocycles. The summed E-state index contributed by atoms with van der Waals surface area (Å²) < 4.78 is 9.82. The van der Waals surface area contributed by atoms with E-state index in [4.69, 9.17) is 4.74 Å². The van der Waals surface area contributed by atoms with Crippen LogP contribution in [0.2, 0.25) is 0 Å². The largest absolute Gasteiger partial charge is 0.466 e. The smallest absolute Gasteiger partial charge is 0.411 e. The molecule has 3 rings (SSSR count). The van der Waals surface area contributed by atoms with Gasteiger partial charge in [-0.25, -0.2) is 14.7 Å². The van der Waals surface area contributed by atoms with E-state index < -0.39 is 18.0 Å². The molecule has 0 radical (unpaired) electrons. The first-order valence-corrected chi connectivity index (χ1v) is 13.9. The Morgan fingerprint density at radius 3 is 2.29 bits per heavy atom. The molecular weight excluding hydrogens is 522 g/mol. The third kappa shape index (κ3) is 11.4. The number of hydroxylamine groups is 2. The minimum Gasteiger partial charge on any atom is -0.466 e. The summed E-state index contributed by atoms with van der Waals surface area (Å²) in [7, 11) is 1.22. The Hall–Kier alpha value is -4.21. The molecule has 9 nitrogen and oxygen atoms in total. The number of nitrogens with zero attached hydrogens (tertiary/aromatic N) is 1. The van der Waals surface area contributed by atoms with Gasteiger partial charge >= 0.3 is 12.1 Å². The molecule has 0 heterocycles. The maximum absolute atomic E-state index is 12.3. The lowest BCUT2D eigenvalue weighted by Gasteiger charge is -2.12. The zero-order valence-corrected chi connectivity index (χ0v) is 23.5. The molecule has 3 N–H and O–H groups in total. The second kappa shape index (κ2) is 17.5. The second-order valence-electron chi connectivity index (χ2n) is 9.66. The van der Waals surface area contributed by atoms with Gasteiger partial charge in [0.05, 0.1) is 12.8 Å². The fourth-order valence-electron chi connectivity index (χ4n) is 4.24. The lowest BCUT2D eigenvalue weighted by atomic mass is 10.1. The molecule has 0 aliphatic carbocycles. The summed E-state index contributed by atoms with van der Waals surface area (Å²) in [5.74, 6) is -1.27. The first kappa shape index (κ1) is 31.3. The number of nitrogens with one attached hydrogen (secondary N) is 2. The monoisotopic (exact) mass is 561 g/mol. The average Bonchev–Trinajstić information content (AvgIpc) is 3.00. The highest BCUT2D eigenvalue weighted by Crippen LogP contribution is 2.23. The molecule has 2 amide bonds. The van der Waals surface area contributed by atoms with Crippen LogP contribution in [0.5, 0.6) is 0 Å². The van der Waals surface area contributed by atoms with Crippen LogP contribution in [-0.2, 0) is 32.2 Å². The fraction of sp³-hybridized carbons (Fsp3) is 0.344. The van der Waals surface area contributed by atoms with Crippen molar-refractivity contribution in [1.29, 1.82) is 0 Å². The van der Waals surface area contributed by atoms with Gasteiger partial charge in [-0.15, -0.1) is 0 Å². The Morgan fingerprint density at radius 2 is 1.51 bits per heavy atom. The van der Waals surface area contributed by atoms with Gasteiger partial charge in [-0.3, -0.25) is 15.3 Å². The Morgan fingerprint density at radius 1 is 0.829 bits per heavy atom. The van der Waals surface area contributed by atoms with Gasteiger partial charge in [-0.1, -0.05) is 86.3 Å². The number of carbonyl (C=O) groups is 3. The van der Waals surface area contributed by atoms with Gasteiger partial charge in [0.2, 0.25) is 0 Å². The molecule has 0 saturated carbocycles. The van der Waals surface area contributed by atoms with Crippen molar-refractivity contribution in [2.24, 2.45) is 0 Å². The minimum atomic E-state index is -0.638. The Labute approximate surface area is 241 Å². The zero-order valence-electron chi connectivity index (χ0n) is 23.5. The molecule has 41 heavy (non-hydrogen) atoms. The Kier molecular flexibility index (Phi) is 13.3. The van der Waals surface area contributed by atoms with E-state index in [2.05, 4.69) is 15.4 Å². The number of amides is 2. The lowest BCUT2D eigenvalue weighted by molar-refractivity contribution is -0.159. The summed E-state index contributed by atoms with van der Waals surface area (Å²) in [6, 6.07) is 21.7. The summed E-state index contributed by atoms with van der Waals surface area (Å²) in [4.78, 5) is 34.9. The van der Waals surface area contributed by atoms with Gasteiger partial charge < -0.3 is 14.8 Å². The molecule has 0 aliphatic rings. The summed E-state index contributed by atoms with van der Waals surface area (Å²) in [6.45, 7) is 2.12. The van der Waals surface area contributed by atoms with Crippen molar-refractivity contribution in [3.8, 4) is 0 Å². The first-order valence-electron chi connectivity index (χ1n) is 13.9. The normalized spacial score (nSPS) is 11.0. The summed E-state index contributed by atoms with van der Waals surface area (Å²) in [5, 5.41) is 18.6. The van der Waals surface area contributed by atoms with Gasteiger partial charge in [0.1, 0.15) is 6.61 Å². The zero-order chi connectivity index (χ0) is 29.3. The predicted octanol–water partition coefficient (Wildman–Crippen LogP) is 5.97. The number of anilines is 1. The van der Waals surface area contributed by atoms with E-state index in [9.17, 15) is 19.6 Å². The van der Waals surface area contributed by atoms with Gasteiger partial charge in [-0.05, 0) is 42.0 Å². The number of benzene rings is 3. The molecule has 9 heteroatoms. The van der Waals surface area contributed by atoms with Crippen LogP contribution >= 0.6 is 0 Å². The van der Waals surface area contributed by atoms with Crippen molar-refractivity contribution >= 4 is 34.4 Å². The molecule has 0 saturated heterocycles. The number of ether oxygens (including phenoxy) is 2. The molecular formula is C32H39N3O6. The van der Waals surface area contributed by atoms with Crippen molar-refractivity contribution in [2.75, 3.05) is 25.5 Å². The number of hydrogen-bond acceptors (Lipinski definition) is 7. The molecule has 0 unspecified atom stereocenters. The third-order valence-electron chi connectivity index (χ3n) is 6.54. The van der Waals surface area contributed by atoms with Crippen molar-refractivity contribution in [2.45, 2.75) is 51.7 Å². The first-order chi connectivity index (χ1) is 20.0. The predicted molar refractivity (Wildman–Crippen MR) is 158 cm³/mol. The lowest BCUT2D eigenvalue weighted by Crippen LogP contribution is -2.26. The quantitative estimate of drug-likeness (QED) is 0.0649. The number of rotatable bonds is 16. The maximum atomic E-state index is 12.3. The third-order valence-corrected chi connectivity index (χ3v) is 6.54. The van der Waals surface area contributed by atoms with Crippen LogP contribution in [0, 0.1) is 0 Å². The topological polar surface area (TPSA) is 117 Å². The molecule has 3 aromatic rings. The standard InChI is InChI=1S/C32H39N3O6/c1-40-31(37)20-19-30(36)35(39)22-9-5-3-2-4-8-21-33-23-25-15-17-26(18-16-25)24-41-32(38)34-29-14-10-12-27-11-6-7-13-28(27)29/h6-7,10-20,33,39H,2-5,8-9,21-24H2,1H3,(H,34,38)/b20-19+. The van der Waals surface area contributed by atoms with Crippen molar-refractivity contribution in [3.05, 3.63) is 90.0 Å². The number of carbonyl (C=O) groups excluding carboxylic acids is 3. The number of unbranched alkanes of at least 4 members (excludes halogenated alkanes) is 5. The Balaban J connectivity index is 1.21. The van der Waals surface area contributed by atoms with E-state index in [1.807, 2.05) is 66.7 Å². The van der Waals surface area contributed by atoms with Crippen LogP contribution in [0.4, 0.5) is 10.5 Å². The van der Waals surface area contributed by atoms with Crippen molar-refractivity contribution in [1.82, 2.24) is 10.4 Å². The van der Waals surface area contributed by atoms with Gasteiger partial charge in [0.25, 0.3) is 5.91 Å². The molecule has 218 valence electrons. The molecule has 0 bridgehead atoms. The van der Waals surface area contributed by atoms with Crippen LogP contribution in [0.1, 0.15) is 49.7 Å². The minimum absolute atomic E-state index is 0.198. The van der Waals surface area contributed by atoms with Crippen molar-refractivity contribution < 1.29 is 29.1 Å². The van der Waals surface area contributed by atoms with Gasteiger partial charge in [0, 0.05) is 30.6 Å². The van der Waals surface area contributed by atoms with Crippen LogP contribution < -0.4 is 10.6 Å². The van der Waals surface area contributed by atoms with E-state index in [1.54, 1.807) is 0 Å². The average molecular weight is 562 g/mol. The van der Waals surface area contributed by atoms with E-state index >= 15 is 0 Å². The van der Waals surface area contributed by atoms with Crippen LogP contribution in [0.3, 0.4) is 0 Å². The van der Waals surface area contributed by atoms with E-state index in [0.29, 0.717) is 11.5 Å². The highest BCUT2D eigenvalue weighted by Gasteiger charge is 2.08. The maximum Gasteiger partial charge on any atom is 0.411 e. The van der Waals surface area contributed by atoms with E-state index in [-0.39, 0.29) is 13.2 Å². The summed E-state index contributed by atoms with van der Waals surface area (Å²) in [6.07, 6.45) is 7.41. The van der Waals surface area contributed by atoms with Crippen molar-refractivity contribution in [3.63, 3.8) is 0 Å². The molecule has 3 aromatic carbocycles. The van der Waals surface area contributed by atoms with Crippen LogP contribution in [0.25, 0.3) is 10.8 Å². The molecule has 0 fully saturated rings. The van der Waals surface area contributed by atoms with E-state index in [1.165, 1.54) is 12.7 Å². The number of esters is 1. The Bertz CT molecular complexity index is 1290. The summed E-state index contributed by atoms with van der Waals surface area (Å²) in [5.41, 5.74) is 2.82. The number of methoxy groups -OCH3 is 1. The molecule has 0 spiro atoms. The van der Waals surface area contributed by atoms with Gasteiger partial charge in [-0.2, -0.15) is 0 Å². The molecule has 0 aromatic heterocycles. The second-order valence-corrected chi connectivity index (χ2v) is 9.66. The highest BCUT2D eigenvalue weighted by molar-refractivity contribution is 6.00.